The Hall–Kier alpha value is -2.73. The number of carbonyl (C=O) groups is 2. The molecule has 2 saturated carbocycles. The topological polar surface area (TPSA) is 71.1 Å². The van der Waals surface area contributed by atoms with Gasteiger partial charge in [0.2, 0.25) is 0 Å². The van der Waals surface area contributed by atoms with Crippen molar-refractivity contribution >= 4 is 34.6 Å². The minimum absolute atomic E-state index is 0.218. The van der Waals surface area contributed by atoms with E-state index in [9.17, 15) is 22.8 Å². The molecule has 39 heavy (non-hydrogen) atoms. The fourth-order valence-corrected chi connectivity index (χ4v) is 5.82. The Bertz CT molecular complexity index is 1170. The van der Waals surface area contributed by atoms with Gasteiger partial charge in [0.15, 0.2) is 0 Å². The summed E-state index contributed by atoms with van der Waals surface area (Å²) in [5, 5.41) is 0. The molecule has 6 rings (SSSR count). The number of halogens is 4. The molecular formula is C27H32BBrF3NO6. The van der Waals surface area contributed by atoms with Crippen molar-refractivity contribution in [3.05, 3.63) is 58.6 Å². The fourth-order valence-electron chi connectivity index (χ4n) is 5.55. The largest absolute Gasteiger partial charge is 0.600 e. The third kappa shape index (κ3) is 6.37. The van der Waals surface area contributed by atoms with Crippen LogP contribution in [0.4, 0.5) is 13.2 Å². The molecule has 2 saturated heterocycles. The molecule has 2 aliphatic heterocycles. The van der Waals surface area contributed by atoms with E-state index in [1.54, 1.807) is 31.4 Å². The minimum Gasteiger partial charge on any atom is -0.600 e. The Morgan fingerprint density at radius 3 is 1.74 bits per heavy atom. The molecule has 0 aromatic heterocycles. The van der Waals surface area contributed by atoms with Crippen LogP contribution in [0, 0.1) is 11.8 Å². The Morgan fingerprint density at radius 1 is 0.897 bits per heavy atom. The molecule has 0 radical (unpaired) electrons. The summed E-state index contributed by atoms with van der Waals surface area (Å²) in [4.78, 5) is 22.8. The van der Waals surface area contributed by atoms with Crippen molar-refractivity contribution in [1.29, 1.82) is 0 Å². The number of alkyl halides is 3. The van der Waals surface area contributed by atoms with Crippen LogP contribution in [0.3, 0.4) is 0 Å². The second kappa shape index (κ2) is 11.0. The summed E-state index contributed by atoms with van der Waals surface area (Å²) >= 11 is 3.32. The molecule has 7 nitrogen and oxygen atoms in total. The minimum atomic E-state index is -4.05. The highest BCUT2D eigenvalue weighted by atomic mass is 79.9. The first kappa shape index (κ1) is 29.3. The summed E-state index contributed by atoms with van der Waals surface area (Å²) in [5.74, 6) is 0.336. The maximum absolute atomic E-state index is 12.3. The van der Waals surface area contributed by atoms with Gasteiger partial charge < -0.3 is 23.2 Å². The van der Waals surface area contributed by atoms with Crippen molar-refractivity contribution in [2.45, 2.75) is 37.7 Å². The molecule has 0 spiro atoms. The number of rotatable bonds is 4. The van der Waals surface area contributed by atoms with E-state index in [0.717, 1.165) is 22.2 Å². The number of benzene rings is 2. The van der Waals surface area contributed by atoms with Gasteiger partial charge in [-0.05, 0) is 60.1 Å². The van der Waals surface area contributed by atoms with E-state index < -0.39 is 18.8 Å². The van der Waals surface area contributed by atoms with Gasteiger partial charge in [-0.25, -0.2) is 0 Å². The van der Waals surface area contributed by atoms with Gasteiger partial charge in [-0.15, -0.1) is 0 Å². The second-order valence-electron chi connectivity index (χ2n) is 10.8. The third-order valence-electron chi connectivity index (χ3n) is 7.97. The standard InChI is InChI=1S/C11H11F3O.C9H14BNO4.C7H7BrO/c1-15-8-4-2-7(3-5-8)9-6-10(9)11(12,13)14;1-6-3-7(6)10-11(2,4-8(12)14-10)5-9(13)15-10;1-9-7-4-2-6(8)3-5-7/h2-5,9-10H,6H2,1H3;6-7H,3-5H2,1-2H3;2-5H,1H3/t9-,10+;6-,7-,10?,11?;/m11./s1. The summed E-state index contributed by atoms with van der Waals surface area (Å²) in [6.07, 6.45) is -2.84. The van der Waals surface area contributed by atoms with Crippen LogP contribution in [-0.2, 0) is 18.9 Å². The van der Waals surface area contributed by atoms with E-state index in [1.807, 2.05) is 31.3 Å². The molecule has 0 N–H and O–H groups in total. The lowest BCUT2D eigenvalue weighted by Gasteiger charge is -2.40. The maximum Gasteiger partial charge on any atom is 0.587 e. The number of fused-ring (bicyclic) bond motifs is 1. The first-order chi connectivity index (χ1) is 18.3. The lowest BCUT2D eigenvalue weighted by atomic mass is 9.61. The predicted molar refractivity (Wildman–Crippen MR) is 142 cm³/mol. The summed E-state index contributed by atoms with van der Waals surface area (Å²) in [6, 6.07) is 14.5. The molecule has 4 fully saturated rings. The van der Waals surface area contributed by atoms with Crippen LogP contribution in [0.1, 0.15) is 31.2 Å². The monoisotopic (exact) mass is 613 g/mol. The second-order valence-corrected chi connectivity index (χ2v) is 11.7. The zero-order valence-electron chi connectivity index (χ0n) is 22.2. The van der Waals surface area contributed by atoms with Crippen LogP contribution in [0.5, 0.6) is 11.5 Å². The van der Waals surface area contributed by atoms with Gasteiger partial charge >= 0.3 is 24.8 Å². The summed E-state index contributed by atoms with van der Waals surface area (Å²) in [6.45, 7) is 0.913. The maximum atomic E-state index is 12.3. The Labute approximate surface area is 234 Å². The lowest BCUT2D eigenvalue weighted by Crippen LogP contribution is -2.60. The van der Waals surface area contributed by atoms with Crippen LogP contribution in [0.15, 0.2) is 53.0 Å². The number of nitrogens with zero attached hydrogens (tertiary/aromatic N) is 1. The Morgan fingerprint density at radius 2 is 1.36 bits per heavy atom. The smallest absolute Gasteiger partial charge is 0.587 e. The van der Waals surface area contributed by atoms with Gasteiger partial charge in [-0.2, -0.15) is 13.2 Å². The van der Waals surface area contributed by atoms with E-state index >= 15 is 0 Å². The van der Waals surface area contributed by atoms with Crippen molar-refractivity contribution < 1.29 is 45.9 Å². The molecule has 2 heterocycles. The number of likely N-dealkylation sites (N-methyl/N-ethyl adjacent to an activating group) is 1. The summed E-state index contributed by atoms with van der Waals surface area (Å²) in [5.41, 5.74) is 0.748. The van der Waals surface area contributed by atoms with E-state index in [2.05, 4.69) is 22.9 Å². The number of carbonyl (C=O) groups excluding carboxylic acids is 2. The quantitative estimate of drug-likeness (QED) is 0.411. The average Bonchev–Trinajstić information content (AvgIpc) is 3.78. The molecule has 212 valence electrons. The van der Waals surface area contributed by atoms with E-state index in [-0.39, 0.29) is 43.2 Å². The van der Waals surface area contributed by atoms with Gasteiger partial charge in [0.05, 0.1) is 20.1 Å². The number of hydrogen-bond donors (Lipinski definition) is 0. The van der Waals surface area contributed by atoms with Crippen molar-refractivity contribution in [1.82, 2.24) is 0 Å². The Kier molecular flexibility index (Phi) is 8.28. The normalized spacial score (nSPS) is 31.9. The molecule has 0 amide bonds. The Balaban J connectivity index is 0.000000141. The first-order valence-corrected chi connectivity index (χ1v) is 13.5. The van der Waals surface area contributed by atoms with Crippen molar-refractivity contribution in [2.75, 3.05) is 34.4 Å². The third-order valence-corrected chi connectivity index (χ3v) is 8.50. The molecule has 0 unspecified atom stereocenters. The van der Waals surface area contributed by atoms with Crippen LogP contribution < -0.4 is 9.47 Å². The van der Waals surface area contributed by atoms with Crippen molar-refractivity contribution in [2.24, 2.45) is 11.8 Å². The molecule has 12 heteroatoms. The zero-order valence-corrected chi connectivity index (χ0v) is 23.8. The lowest BCUT2D eigenvalue weighted by molar-refractivity contribution is -0.794. The highest BCUT2D eigenvalue weighted by Gasteiger charge is 2.73. The predicted octanol–water partition coefficient (Wildman–Crippen LogP) is 5.71. The molecular weight excluding hydrogens is 582 g/mol. The van der Waals surface area contributed by atoms with E-state index in [4.69, 9.17) is 18.8 Å². The van der Waals surface area contributed by atoms with Gasteiger partial charge in [0.1, 0.15) is 24.6 Å². The van der Waals surface area contributed by atoms with Gasteiger partial charge in [0, 0.05) is 11.5 Å². The molecule has 2 aromatic carbocycles. The molecule has 0 bridgehead atoms. The van der Waals surface area contributed by atoms with Crippen molar-refractivity contribution in [3.63, 3.8) is 0 Å². The van der Waals surface area contributed by atoms with Crippen molar-refractivity contribution in [3.8, 4) is 11.5 Å². The summed E-state index contributed by atoms with van der Waals surface area (Å²) in [7, 11) is 5.08. The van der Waals surface area contributed by atoms with Crippen LogP contribution >= 0.6 is 15.9 Å². The number of methoxy groups -OCH3 is 2. The average molecular weight is 614 g/mol. The van der Waals surface area contributed by atoms with Crippen LogP contribution in [0.2, 0.25) is 5.82 Å². The molecule has 2 aromatic rings. The van der Waals surface area contributed by atoms with Crippen LogP contribution in [0.25, 0.3) is 0 Å². The number of ether oxygens (including phenoxy) is 2. The zero-order chi connectivity index (χ0) is 28.6. The SMILES string of the molecule is COc1ccc(Br)cc1.COc1ccc([C@H]2C[C@@H]2C(F)(F)F)cc1.C[C@@H]1C[C@H]1[B-]12OC(=O)C[N+]1(C)CC(=O)O2. The summed E-state index contributed by atoms with van der Waals surface area (Å²) < 4.78 is 59.0. The van der Waals surface area contributed by atoms with Gasteiger partial charge in [-0.1, -0.05) is 47.3 Å². The highest BCUT2D eigenvalue weighted by molar-refractivity contribution is 9.10. The van der Waals surface area contributed by atoms with E-state index in [0.29, 0.717) is 16.1 Å². The first-order valence-electron chi connectivity index (χ1n) is 12.7. The van der Waals surface area contributed by atoms with Gasteiger partial charge in [-0.3, -0.25) is 9.59 Å². The number of quaternary nitrogens is 1. The van der Waals surface area contributed by atoms with Gasteiger partial charge in [0.25, 0.3) is 0 Å². The number of hydrogen-bond acceptors (Lipinski definition) is 6. The van der Waals surface area contributed by atoms with E-state index in [1.165, 1.54) is 7.11 Å². The highest BCUT2D eigenvalue weighted by Crippen LogP contribution is 2.58. The molecule has 4 aliphatic rings. The van der Waals surface area contributed by atoms with Crippen LogP contribution in [-0.4, -0.2) is 63.6 Å². The fraction of sp³-hybridized carbons (Fsp3) is 0.481. The molecule has 2 aliphatic carbocycles. The molecule has 4 atom stereocenters.